The zero-order valence-corrected chi connectivity index (χ0v) is 27.7. The van der Waals surface area contributed by atoms with Gasteiger partial charge in [0.1, 0.15) is 18.7 Å². The van der Waals surface area contributed by atoms with Crippen LogP contribution in [0.15, 0.2) is 48.6 Å². The number of aliphatic hydroxyl groups is 1. The molecule has 46 heavy (non-hydrogen) atoms. The summed E-state index contributed by atoms with van der Waals surface area (Å²) in [5.74, 6) is 0.786. The molecule has 3 aliphatic rings. The molecule has 2 fully saturated rings. The van der Waals surface area contributed by atoms with Gasteiger partial charge in [0.05, 0.1) is 30.9 Å². The topological polar surface area (TPSA) is 101 Å². The lowest BCUT2D eigenvalue weighted by molar-refractivity contribution is 0.00335. The molecule has 1 aromatic heterocycles. The zero-order chi connectivity index (χ0) is 32.2. The third-order valence-corrected chi connectivity index (χ3v) is 9.76. The van der Waals surface area contributed by atoms with Gasteiger partial charge < -0.3 is 29.3 Å². The van der Waals surface area contributed by atoms with E-state index in [9.17, 15) is 10.4 Å². The summed E-state index contributed by atoms with van der Waals surface area (Å²) in [6.07, 6.45) is 5.89. The number of halogens is 1. The summed E-state index contributed by atoms with van der Waals surface area (Å²) in [7, 11) is 6.11. The number of rotatable bonds is 10. The molecule has 244 valence electrons. The van der Waals surface area contributed by atoms with Crippen LogP contribution < -0.4 is 9.64 Å². The van der Waals surface area contributed by atoms with Crippen LogP contribution >= 0.6 is 11.6 Å². The molecule has 4 atom stereocenters. The first-order chi connectivity index (χ1) is 22.3. The van der Waals surface area contributed by atoms with Crippen molar-refractivity contribution in [1.29, 1.82) is 5.26 Å². The van der Waals surface area contributed by atoms with E-state index in [1.165, 1.54) is 0 Å². The number of likely N-dealkylation sites (tertiary alicyclic amines) is 1. The minimum Gasteiger partial charge on any atom is -0.462 e. The molecule has 3 aliphatic heterocycles. The lowest BCUT2D eigenvalue weighted by atomic mass is 9.94. The Kier molecular flexibility index (Phi) is 10.4. The number of fused-ring (bicyclic) bond motifs is 2. The fraction of sp³-hybridized carbons (Fsp3) is 0.514. The summed E-state index contributed by atoms with van der Waals surface area (Å²) in [5.41, 5.74) is 2.90. The zero-order valence-electron chi connectivity index (χ0n) is 27.0. The Bertz CT molecular complexity index is 1590. The summed E-state index contributed by atoms with van der Waals surface area (Å²) < 4.78 is 12.9. The van der Waals surface area contributed by atoms with Gasteiger partial charge in [0, 0.05) is 60.7 Å². The molecule has 2 aromatic carbocycles. The van der Waals surface area contributed by atoms with E-state index in [1.54, 1.807) is 0 Å². The number of ether oxygens (including phenoxy) is 2. The number of aromatic nitrogens is 2. The number of anilines is 1. The molecular weight excluding hydrogens is 602 g/mol. The number of nitriles is 1. The molecular formula is C35H44ClN7O3. The Morgan fingerprint density at radius 3 is 2.76 bits per heavy atom. The number of benzene rings is 2. The minimum atomic E-state index is -0.765. The van der Waals surface area contributed by atoms with Gasteiger partial charge in [0.2, 0.25) is 0 Å². The molecule has 6 rings (SSSR count). The van der Waals surface area contributed by atoms with Crippen LogP contribution in [0.3, 0.4) is 0 Å². The third kappa shape index (κ3) is 7.15. The van der Waals surface area contributed by atoms with Crippen molar-refractivity contribution < 1.29 is 14.6 Å². The van der Waals surface area contributed by atoms with Crippen LogP contribution in [0.2, 0.25) is 5.02 Å². The highest BCUT2D eigenvalue weighted by atomic mass is 35.5. The molecule has 0 aliphatic carbocycles. The Balaban J connectivity index is 1.30. The molecule has 0 saturated carbocycles. The van der Waals surface area contributed by atoms with Gasteiger partial charge in [-0.2, -0.15) is 15.2 Å². The van der Waals surface area contributed by atoms with Crippen molar-refractivity contribution in [2.45, 2.75) is 56.7 Å². The lowest BCUT2D eigenvalue weighted by Crippen LogP contribution is -2.56. The molecule has 0 spiro atoms. The number of hydrogen-bond donors (Lipinski definition) is 1. The molecule has 10 nitrogen and oxygen atoms in total. The fourth-order valence-electron chi connectivity index (χ4n) is 6.91. The van der Waals surface area contributed by atoms with E-state index in [0.29, 0.717) is 62.8 Å². The van der Waals surface area contributed by atoms with Crippen LogP contribution in [0.25, 0.3) is 10.8 Å². The molecule has 2 saturated heterocycles. The van der Waals surface area contributed by atoms with Gasteiger partial charge in [-0.25, -0.2) is 0 Å². The van der Waals surface area contributed by atoms with Crippen LogP contribution in [-0.2, 0) is 17.8 Å². The lowest BCUT2D eigenvalue weighted by Gasteiger charge is -2.43. The smallest absolute Gasteiger partial charge is 0.318 e. The SMILES string of the molecule is CN(C)C/C=C/C(O)N1CCN(c2nc(OC[C@@H]3CCCN3C)nc3c2CO[C@H](c2cccc4cccc(Cl)c24)C3)C[C@@H]1CC#N. The van der Waals surface area contributed by atoms with Crippen molar-refractivity contribution in [2.24, 2.45) is 0 Å². The highest BCUT2D eigenvalue weighted by Gasteiger charge is 2.35. The maximum absolute atomic E-state index is 11.0. The molecule has 0 bridgehead atoms. The summed E-state index contributed by atoms with van der Waals surface area (Å²) >= 11 is 6.70. The standard InChI is InChI=1S/C35H44ClN7O3/c1-40(2)16-7-13-32(44)43-19-18-42(21-25(43)14-15-37)34-28-23-45-31(27-11-4-8-24-9-5-12-29(36)33(24)27)20-30(28)38-35(39-34)46-22-26-10-6-17-41(26)3/h4-5,7-9,11-13,25-26,31-32,44H,6,10,14,16-23H2,1-3H3/b13-7+/t25-,26-,31-,32?/m0/s1. The molecule has 0 amide bonds. The van der Waals surface area contributed by atoms with E-state index in [-0.39, 0.29) is 12.1 Å². The third-order valence-electron chi connectivity index (χ3n) is 9.44. The van der Waals surface area contributed by atoms with Crippen molar-refractivity contribution in [1.82, 2.24) is 24.7 Å². The summed E-state index contributed by atoms with van der Waals surface area (Å²) in [6, 6.07) is 15.0. The average Bonchev–Trinajstić information content (AvgIpc) is 3.47. The predicted molar refractivity (Wildman–Crippen MR) is 180 cm³/mol. The van der Waals surface area contributed by atoms with Gasteiger partial charge in [0.15, 0.2) is 0 Å². The van der Waals surface area contributed by atoms with E-state index in [2.05, 4.69) is 41.1 Å². The van der Waals surface area contributed by atoms with Crippen LogP contribution in [0.4, 0.5) is 5.82 Å². The minimum absolute atomic E-state index is 0.171. The number of aliphatic hydroxyl groups excluding tert-OH is 1. The van der Waals surface area contributed by atoms with Gasteiger partial charge in [-0.1, -0.05) is 48.0 Å². The number of piperazine rings is 1. The van der Waals surface area contributed by atoms with E-state index < -0.39 is 6.23 Å². The Hall–Kier alpha value is -3.30. The van der Waals surface area contributed by atoms with Crippen LogP contribution in [0.5, 0.6) is 6.01 Å². The van der Waals surface area contributed by atoms with Crippen LogP contribution in [-0.4, -0.2) is 109 Å². The first-order valence-corrected chi connectivity index (χ1v) is 16.6. The van der Waals surface area contributed by atoms with Gasteiger partial charge in [-0.15, -0.1) is 0 Å². The van der Waals surface area contributed by atoms with Crippen molar-refractivity contribution in [3.8, 4) is 12.1 Å². The van der Waals surface area contributed by atoms with Crippen LogP contribution in [0, 0.1) is 11.3 Å². The molecule has 3 aromatic rings. The van der Waals surface area contributed by atoms with Crippen molar-refractivity contribution in [2.75, 3.05) is 65.4 Å². The maximum Gasteiger partial charge on any atom is 0.318 e. The van der Waals surface area contributed by atoms with Crippen molar-refractivity contribution in [3.05, 3.63) is 70.4 Å². The molecule has 0 radical (unpaired) electrons. The molecule has 11 heteroatoms. The van der Waals surface area contributed by atoms with Gasteiger partial charge in [-0.3, -0.25) is 4.90 Å². The second-order valence-corrected chi connectivity index (χ2v) is 13.2. The van der Waals surface area contributed by atoms with Gasteiger partial charge in [0.25, 0.3) is 0 Å². The number of likely N-dealkylation sites (N-methyl/N-ethyl adjacent to an activating group) is 2. The molecule has 4 heterocycles. The Morgan fingerprint density at radius 1 is 1.17 bits per heavy atom. The highest BCUT2D eigenvalue weighted by molar-refractivity contribution is 6.35. The normalized spacial score (nSPS) is 23.2. The van der Waals surface area contributed by atoms with Crippen molar-refractivity contribution >= 4 is 28.2 Å². The van der Waals surface area contributed by atoms with E-state index in [4.69, 9.17) is 31.0 Å². The fourth-order valence-corrected chi connectivity index (χ4v) is 7.20. The summed E-state index contributed by atoms with van der Waals surface area (Å²) in [4.78, 5) is 18.5. The maximum atomic E-state index is 11.0. The molecule has 1 unspecified atom stereocenters. The molecule has 1 N–H and O–H groups in total. The Morgan fingerprint density at radius 2 is 2.00 bits per heavy atom. The summed E-state index contributed by atoms with van der Waals surface area (Å²) in [6.45, 7) is 4.44. The van der Waals surface area contributed by atoms with Gasteiger partial charge >= 0.3 is 6.01 Å². The predicted octanol–water partition coefficient (Wildman–Crippen LogP) is 4.41. The van der Waals surface area contributed by atoms with Crippen molar-refractivity contribution in [3.63, 3.8) is 0 Å². The Labute approximate surface area is 276 Å². The van der Waals surface area contributed by atoms with Crippen LogP contribution in [0.1, 0.15) is 42.2 Å². The van der Waals surface area contributed by atoms with E-state index in [0.717, 1.165) is 59.3 Å². The highest BCUT2D eigenvalue weighted by Crippen LogP contribution is 2.39. The number of nitrogens with zero attached hydrogens (tertiary/aromatic N) is 7. The second-order valence-electron chi connectivity index (χ2n) is 12.8. The quantitative estimate of drug-likeness (QED) is 0.319. The first kappa shape index (κ1) is 32.6. The average molecular weight is 646 g/mol. The largest absolute Gasteiger partial charge is 0.462 e. The number of hydrogen-bond acceptors (Lipinski definition) is 10. The monoisotopic (exact) mass is 645 g/mol. The second kappa shape index (κ2) is 14.6. The van der Waals surface area contributed by atoms with E-state index in [1.807, 2.05) is 54.2 Å². The summed E-state index contributed by atoms with van der Waals surface area (Å²) in [5, 5.41) is 23.5. The first-order valence-electron chi connectivity index (χ1n) is 16.2. The van der Waals surface area contributed by atoms with Gasteiger partial charge in [-0.05, 0) is 63.6 Å². The van der Waals surface area contributed by atoms with E-state index >= 15 is 0 Å².